The number of hydrogen-bond acceptors (Lipinski definition) is 5. The summed E-state index contributed by atoms with van der Waals surface area (Å²) in [5, 5.41) is 2.98. The first-order chi connectivity index (χ1) is 14.4. The third-order valence-electron chi connectivity index (χ3n) is 6.10. The molecule has 2 fully saturated rings. The van der Waals surface area contributed by atoms with Crippen LogP contribution in [-0.2, 0) is 19.6 Å². The Morgan fingerprint density at radius 2 is 1.77 bits per heavy atom. The zero-order valence-electron chi connectivity index (χ0n) is 17.1. The largest absolute Gasteiger partial charge is 0.482 e. The summed E-state index contributed by atoms with van der Waals surface area (Å²) in [5.74, 6) is -0.171. The number of ether oxygens (including phenoxy) is 1. The lowest BCUT2D eigenvalue weighted by molar-refractivity contribution is -0.125. The fourth-order valence-corrected chi connectivity index (χ4v) is 5.97. The van der Waals surface area contributed by atoms with Gasteiger partial charge in [0.2, 0.25) is 15.9 Å². The average molecular weight is 436 g/mol. The van der Waals surface area contributed by atoms with Gasteiger partial charge in [0.1, 0.15) is 12.3 Å². The van der Waals surface area contributed by atoms with Gasteiger partial charge in [-0.1, -0.05) is 25.7 Å². The molecule has 0 atom stereocenters. The van der Waals surface area contributed by atoms with E-state index in [2.05, 4.69) is 5.32 Å². The van der Waals surface area contributed by atoms with Crippen LogP contribution in [-0.4, -0.2) is 56.8 Å². The lowest BCUT2D eigenvalue weighted by Crippen LogP contribution is -2.47. The predicted octanol–water partition coefficient (Wildman–Crippen LogP) is 2.04. The van der Waals surface area contributed by atoms with Crippen molar-refractivity contribution < 1.29 is 22.7 Å². The Kier molecular flexibility index (Phi) is 6.29. The average Bonchev–Trinajstić information content (AvgIpc) is 3.07. The molecule has 30 heavy (non-hydrogen) atoms. The molecule has 9 heteroatoms. The van der Waals surface area contributed by atoms with Crippen LogP contribution >= 0.6 is 0 Å². The molecule has 1 saturated heterocycles. The van der Waals surface area contributed by atoms with Crippen LogP contribution in [0.4, 0.5) is 5.69 Å². The number of rotatable bonds is 5. The summed E-state index contributed by atoms with van der Waals surface area (Å²) in [6.45, 7) is 0.700. The van der Waals surface area contributed by atoms with E-state index < -0.39 is 10.0 Å². The molecule has 3 aliphatic rings. The summed E-state index contributed by atoms with van der Waals surface area (Å²) in [4.78, 5) is 26.5. The van der Waals surface area contributed by atoms with Gasteiger partial charge < -0.3 is 10.1 Å². The van der Waals surface area contributed by atoms with Crippen molar-refractivity contribution in [3.63, 3.8) is 0 Å². The van der Waals surface area contributed by atoms with Gasteiger partial charge in [-0.15, -0.1) is 0 Å². The van der Waals surface area contributed by atoms with Crippen LogP contribution in [0.15, 0.2) is 23.1 Å². The van der Waals surface area contributed by atoms with Crippen LogP contribution in [0.1, 0.15) is 51.4 Å². The van der Waals surface area contributed by atoms with E-state index in [1.165, 1.54) is 21.3 Å². The van der Waals surface area contributed by atoms with Gasteiger partial charge in [-0.3, -0.25) is 14.5 Å². The normalized spacial score (nSPS) is 21.1. The van der Waals surface area contributed by atoms with Crippen LogP contribution in [0.5, 0.6) is 5.75 Å². The maximum Gasteiger partial charge on any atom is 0.265 e. The maximum absolute atomic E-state index is 13.2. The molecule has 0 spiro atoms. The molecule has 1 aromatic rings. The Morgan fingerprint density at radius 3 is 2.47 bits per heavy atom. The van der Waals surface area contributed by atoms with Gasteiger partial charge >= 0.3 is 0 Å². The molecule has 2 heterocycles. The topological polar surface area (TPSA) is 96.0 Å². The number of amides is 2. The molecule has 1 N–H and O–H groups in total. The SMILES string of the molecule is O=C(CN1C(=O)COc2ccc(S(=O)(=O)N3CCCCCC3)cc21)NC1CCCC1. The number of anilines is 1. The second kappa shape index (κ2) is 8.93. The van der Waals surface area contributed by atoms with Crippen molar-refractivity contribution in [1.29, 1.82) is 0 Å². The van der Waals surface area contributed by atoms with Gasteiger partial charge in [0.05, 0.1) is 10.6 Å². The third-order valence-corrected chi connectivity index (χ3v) is 7.99. The van der Waals surface area contributed by atoms with Crippen LogP contribution in [0.25, 0.3) is 0 Å². The molecule has 164 valence electrons. The van der Waals surface area contributed by atoms with Gasteiger partial charge in [-0.25, -0.2) is 8.42 Å². The standard InChI is InChI=1S/C21H29N3O5S/c25-20(22-16-7-3-4-8-16)14-24-18-13-17(9-10-19(18)29-15-21(24)26)30(27,28)23-11-5-1-2-6-12-23/h9-10,13,16H,1-8,11-12,14-15H2,(H,22,25). The Bertz CT molecular complexity index is 903. The fraction of sp³-hybridized carbons (Fsp3) is 0.619. The van der Waals surface area contributed by atoms with Gasteiger partial charge in [0, 0.05) is 19.1 Å². The van der Waals surface area contributed by atoms with Crippen LogP contribution in [0.2, 0.25) is 0 Å². The van der Waals surface area contributed by atoms with Crippen molar-refractivity contribution in [2.24, 2.45) is 0 Å². The zero-order chi connectivity index (χ0) is 21.1. The minimum Gasteiger partial charge on any atom is -0.482 e. The van der Waals surface area contributed by atoms with Crippen molar-refractivity contribution in [2.75, 3.05) is 31.1 Å². The lowest BCUT2D eigenvalue weighted by Gasteiger charge is -2.30. The van der Waals surface area contributed by atoms with E-state index in [1.54, 1.807) is 6.07 Å². The Labute approximate surface area is 177 Å². The Hall–Kier alpha value is -2.13. The second-order valence-electron chi connectivity index (χ2n) is 8.27. The molecule has 1 saturated carbocycles. The third kappa shape index (κ3) is 4.46. The van der Waals surface area contributed by atoms with Gasteiger partial charge in [0.25, 0.3) is 5.91 Å². The summed E-state index contributed by atoms with van der Waals surface area (Å²) in [6, 6.07) is 4.72. The van der Waals surface area contributed by atoms with Gasteiger partial charge in [-0.05, 0) is 43.9 Å². The van der Waals surface area contributed by atoms with E-state index in [1.807, 2.05) is 0 Å². The summed E-state index contributed by atoms with van der Waals surface area (Å²) in [6.07, 6.45) is 7.86. The predicted molar refractivity (Wildman–Crippen MR) is 112 cm³/mol. The number of hydrogen-bond donors (Lipinski definition) is 1. The molecule has 2 amide bonds. The van der Waals surface area contributed by atoms with Crippen molar-refractivity contribution in [3.8, 4) is 5.75 Å². The van der Waals surface area contributed by atoms with Crippen LogP contribution in [0, 0.1) is 0 Å². The lowest BCUT2D eigenvalue weighted by atomic mass is 10.2. The number of nitrogens with one attached hydrogen (secondary N) is 1. The molecule has 1 aliphatic carbocycles. The molecular weight excluding hydrogens is 406 g/mol. The summed E-state index contributed by atoms with van der Waals surface area (Å²) >= 11 is 0. The van der Waals surface area contributed by atoms with Crippen molar-refractivity contribution >= 4 is 27.5 Å². The zero-order valence-corrected chi connectivity index (χ0v) is 18.0. The minimum atomic E-state index is -3.67. The summed E-state index contributed by atoms with van der Waals surface area (Å²) in [5.41, 5.74) is 0.337. The molecule has 8 nitrogen and oxygen atoms in total. The van der Waals surface area contributed by atoms with Crippen molar-refractivity contribution in [3.05, 3.63) is 18.2 Å². The number of carbonyl (C=O) groups excluding carboxylic acids is 2. The number of carbonyl (C=O) groups is 2. The highest BCUT2D eigenvalue weighted by Crippen LogP contribution is 2.35. The van der Waals surface area contributed by atoms with E-state index in [9.17, 15) is 18.0 Å². The van der Waals surface area contributed by atoms with Gasteiger partial charge in [-0.2, -0.15) is 4.31 Å². The highest BCUT2D eigenvalue weighted by Gasteiger charge is 2.32. The first-order valence-electron chi connectivity index (χ1n) is 10.8. The van der Waals surface area contributed by atoms with Crippen LogP contribution in [0.3, 0.4) is 0 Å². The molecule has 4 rings (SSSR count). The highest BCUT2D eigenvalue weighted by molar-refractivity contribution is 7.89. The monoisotopic (exact) mass is 435 g/mol. The first-order valence-corrected chi connectivity index (χ1v) is 12.3. The van der Waals surface area contributed by atoms with E-state index in [-0.39, 0.29) is 35.9 Å². The van der Waals surface area contributed by atoms with Crippen molar-refractivity contribution in [1.82, 2.24) is 9.62 Å². The van der Waals surface area contributed by atoms with E-state index >= 15 is 0 Å². The summed E-state index contributed by atoms with van der Waals surface area (Å²) in [7, 11) is -3.67. The maximum atomic E-state index is 13.2. The molecule has 0 radical (unpaired) electrons. The number of benzene rings is 1. The molecular formula is C21H29N3O5S. The molecule has 1 aromatic carbocycles. The Balaban J connectivity index is 1.57. The van der Waals surface area contributed by atoms with Gasteiger partial charge in [0.15, 0.2) is 6.61 Å². The fourth-order valence-electron chi connectivity index (χ4n) is 4.43. The highest BCUT2D eigenvalue weighted by atomic mass is 32.2. The second-order valence-corrected chi connectivity index (χ2v) is 10.2. The van der Waals surface area contributed by atoms with Crippen molar-refractivity contribution in [2.45, 2.75) is 62.3 Å². The van der Waals surface area contributed by atoms with Crippen LogP contribution < -0.4 is 15.0 Å². The Morgan fingerprint density at radius 1 is 1.07 bits per heavy atom. The number of nitrogens with zero attached hydrogens (tertiary/aromatic N) is 2. The van der Waals surface area contributed by atoms with E-state index in [0.717, 1.165) is 51.4 Å². The number of sulfonamides is 1. The molecule has 0 bridgehead atoms. The smallest absolute Gasteiger partial charge is 0.265 e. The van der Waals surface area contributed by atoms with E-state index in [4.69, 9.17) is 4.74 Å². The molecule has 0 unspecified atom stereocenters. The first kappa shape index (κ1) is 21.1. The quantitative estimate of drug-likeness (QED) is 0.764. The minimum absolute atomic E-state index is 0.127. The summed E-state index contributed by atoms with van der Waals surface area (Å²) < 4.78 is 33.3. The molecule has 2 aliphatic heterocycles. The van der Waals surface area contributed by atoms with E-state index in [0.29, 0.717) is 24.5 Å². The molecule has 0 aromatic heterocycles. The number of fused-ring (bicyclic) bond motifs is 1.